The van der Waals surface area contributed by atoms with E-state index in [0.29, 0.717) is 17.0 Å². The van der Waals surface area contributed by atoms with Gasteiger partial charge in [0, 0.05) is 35.5 Å². The Hall–Kier alpha value is -3.32. The Balaban J connectivity index is 1.88. The van der Waals surface area contributed by atoms with Crippen LogP contribution in [0.3, 0.4) is 0 Å². The summed E-state index contributed by atoms with van der Waals surface area (Å²) in [7, 11) is 3.84. The van der Waals surface area contributed by atoms with Gasteiger partial charge in [0.1, 0.15) is 17.6 Å². The number of furan rings is 1. The average molecular weight is 481 g/mol. The van der Waals surface area contributed by atoms with Gasteiger partial charge in [0.15, 0.2) is 0 Å². The topological polar surface area (TPSA) is 74.0 Å². The van der Waals surface area contributed by atoms with Gasteiger partial charge >= 0.3 is 0 Å². The van der Waals surface area contributed by atoms with E-state index in [-0.39, 0.29) is 11.3 Å². The first-order valence-electron chi connectivity index (χ1n) is 9.68. The van der Waals surface area contributed by atoms with Crippen LogP contribution < -0.4 is 9.80 Å². The third kappa shape index (κ3) is 3.65. The Morgan fingerprint density at radius 2 is 1.81 bits per heavy atom. The Kier molecular flexibility index (Phi) is 5.45. The molecule has 2 heterocycles. The molecule has 3 aromatic rings. The molecule has 0 aliphatic carbocycles. The van der Waals surface area contributed by atoms with Crippen molar-refractivity contribution < 1.29 is 19.1 Å². The van der Waals surface area contributed by atoms with Gasteiger partial charge in [-0.05, 0) is 61.0 Å². The van der Waals surface area contributed by atoms with Crippen molar-refractivity contribution in [3.05, 3.63) is 87.8 Å². The summed E-state index contributed by atoms with van der Waals surface area (Å²) in [6.07, 6.45) is 1.48. The molecule has 1 aromatic heterocycles. The molecular weight excluding hydrogens is 460 g/mol. The Bertz CT molecular complexity index is 1180. The third-order valence-electron chi connectivity index (χ3n) is 5.33. The highest BCUT2D eigenvalue weighted by Crippen LogP contribution is 2.42. The molecule has 0 radical (unpaired) electrons. The fourth-order valence-corrected chi connectivity index (χ4v) is 3.92. The van der Waals surface area contributed by atoms with Gasteiger partial charge < -0.3 is 14.4 Å². The molecule has 4 rings (SSSR count). The summed E-state index contributed by atoms with van der Waals surface area (Å²) in [6, 6.07) is 15.1. The number of rotatable bonds is 4. The van der Waals surface area contributed by atoms with Gasteiger partial charge in [-0.2, -0.15) is 0 Å². The normalized spacial score (nSPS) is 17.9. The minimum atomic E-state index is -0.871. The van der Waals surface area contributed by atoms with Crippen LogP contribution in [0.15, 0.2) is 75.3 Å². The van der Waals surface area contributed by atoms with Crippen LogP contribution in [-0.4, -0.2) is 30.9 Å². The first-order valence-corrected chi connectivity index (χ1v) is 10.5. The summed E-state index contributed by atoms with van der Waals surface area (Å²) < 4.78 is 6.46. The molecule has 7 heteroatoms. The van der Waals surface area contributed by atoms with E-state index in [1.807, 2.05) is 38.1 Å². The maximum atomic E-state index is 13.1. The first-order chi connectivity index (χ1) is 14.8. The summed E-state index contributed by atoms with van der Waals surface area (Å²) in [5, 5.41) is 11.1. The van der Waals surface area contributed by atoms with Crippen LogP contribution in [0, 0.1) is 6.92 Å². The predicted octanol–water partition coefficient (Wildman–Crippen LogP) is 5.04. The highest BCUT2D eigenvalue weighted by Gasteiger charge is 2.48. The SMILES string of the molecule is Cc1cc(/C(O)=C2/C(=O)C(=O)N(c3ccc(N(C)C)cc3)C2c2ccco2)ccc1Br. The van der Waals surface area contributed by atoms with Crippen molar-refractivity contribution in [2.45, 2.75) is 13.0 Å². The van der Waals surface area contributed by atoms with Gasteiger partial charge in [-0.15, -0.1) is 0 Å². The Morgan fingerprint density at radius 1 is 1.10 bits per heavy atom. The molecule has 0 saturated carbocycles. The molecule has 31 heavy (non-hydrogen) atoms. The monoisotopic (exact) mass is 480 g/mol. The Labute approximate surface area is 188 Å². The van der Waals surface area contributed by atoms with Gasteiger partial charge in [-0.3, -0.25) is 14.5 Å². The van der Waals surface area contributed by atoms with E-state index >= 15 is 0 Å². The molecule has 1 N–H and O–H groups in total. The number of carbonyl (C=O) groups excluding carboxylic acids is 2. The van der Waals surface area contributed by atoms with E-state index < -0.39 is 17.7 Å². The summed E-state index contributed by atoms with van der Waals surface area (Å²) in [6.45, 7) is 1.88. The fraction of sp³-hybridized carbons (Fsp3) is 0.167. The van der Waals surface area contributed by atoms with Crippen LogP contribution in [0.1, 0.15) is 22.9 Å². The Morgan fingerprint density at radius 3 is 2.39 bits per heavy atom. The maximum Gasteiger partial charge on any atom is 0.300 e. The number of ketones is 1. The van der Waals surface area contributed by atoms with Crippen molar-refractivity contribution in [3.63, 3.8) is 0 Å². The second kappa shape index (κ2) is 8.07. The van der Waals surface area contributed by atoms with Crippen LogP contribution in [0.5, 0.6) is 0 Å². The number of anilines is 2. The molecule has 1 amide bonds. The quantitative estimate of drug-likeness (QED) is 0.321. The smallest absolute Gasteiger partial charge is 0.300 e. The lowest BCUT2D eigenvalue weighted by Gasteiger charge is -2.24. The second-order valence-electron chi connectivity index (χ2n) is 7.56. The van der Waals surface area contributed by atoms with Crippen molar-refractivity contribution in [2.75, 3.05) is 23.9 Å². The molecule has 1 fully saturated rings. The average Bonchev–Trinajstić information content (AvgIpc) is 3.37. The number of nitrogens with zero attached hydrogens (tertiary/aromatic N) is 2. The van der Waals surface area contributed by atoms with Gasteiger partial charge in [0.25, 0.3) is 11.7 Å². The molecule has 1 aliphatic rings. The van der Waals surface area contributed by atoms with Crippen molar-refractivity contribution in [2.24, 2.45) is 0 Å². The van der Waals surface area contributed by atoms with E-state index in [4.69, 9.17) is 4.42 Å². The van der Waals surface area contributed by atoms with Gasteiger partial charge in [0.2, 0.25) is 0 Å². The molecular formula is C24H21BrN2O4. The molecule has 0 bridgehead atoms. The van der Waals surface area contributed by atoms with Crippen LogP contribution in [0.2, 0.25) is 0 Å². The molecule has 1 saturated heterocycles. The van der Waals surface area contributed by atoms with E-state index in [1.165, 1.54) is 11.2 Å². The number of halogens is 1. The van der Waals surface area contributed by atoms with Crippen molar-refractivity contribution in [3.8, 4) is 0 Å². The highest BCUT2D eigenvalue weighted by molar-refractivity contribution is 9.10. The van der Waals surface area contributed by atoms with Gasteiger partial charge in [-0.25, -0.2) is 0 Å². The molecule has 1 aliphatic heterocycles. The number of Topliss-reactive ketones (excluding diaryl/α,β-unsaturated/α-hetero) is 1. The zero-order valence-electron chi connectivity index (χ0n) is 17.3. The number of aliphatic hydroxyl groups excluding tert-OH is 1. The summed E-state index contributed by atoms with van der Waals surface area (Å²) in [4.78, 5) is 29.5. The zero-order valence-corrected chi connectivity index (χ0v) is 18.9. The molecule has 158 valence electrons. The number of hydrogen-bond acceptors (Lipinski definition) is 5. The minimum absolute atomic E-state index is 0.00152. The van der Waals surface area contributed by atoms with E-state index in [2.05, 4.69) is 15.9 Å². The van der Waals surface area contributed by atoms with Crippen molar-refractivity contribution in [1.82, 2.24) is 0 Å². The molecule has 0 spiro atoms. The molecule has 1 atom stereocenters. The minimum Gasteiger partial charge on any atom is -0.507 e. The van der Waals surface area contributed by atoms with Crippen LogP contribution >= 0.6 is 15.9 Å². The zero-order chi connectivity index (χ0) is 22.3. The highest BCUT2D eigenvalue weighted by atomic mass is 79.9. The number of aryl methyl sites for hydroxylation is 1. The third-order valence-corrected chi connectivity index (χ3v) is 6.22. The van der Waals surface area contributed by atoms with E-state index in [0.717, 1.165) is 15.7 Å². The second-order valence-corrected chi connectivity index (χ2v) is 8.41. The lowest BCUT2D eigenvalue weighted by Crippen LogP contribution is -2.29. The fourth-order valence-electron chi connectivity index (χ4n) is 3.67. The number of hydrogen-bond donors (Lipinski definition) is 1. The van der Waals surface area contributed by atoms with Gasteiger partial charge in [-0.1, -0.05) is 22.0 Å². The number of carbonyl (C=O) groups is 2. The van der Waals surface area contributed by atoms with Crippen LogP contribution in [0.4, 0.5) is 11.4 Å². The van der Waals surface area contributed by atoms with Crippen molar-refractivity contribution in [1.29, 1.82) is 0 Å². The summed E-state index contributed by atoms with van der Waals surface area (Å²) >= 11 is 3.44. The first kappa shape index (κ1) is 20.9. The lowest BCUT2D eigenvalue weighted by molar-refractivity contribution is -0.132. The molecule has 2 aromatic carbocycles. The maximum absolute atomic E-state index is 13.1. The van der Waals surface area contributed by atoms with Gasteiger partial charge in [0.05, 0.1) is 11.8 Å². The summed E-state index contributed by atoms with van der Waals surface area (Å²) in [5.74, 6) is -1.31. The number of aliphatic hydroxyl groups is 1. The standard InChI is InChI=1S/C24H21BrN2O4/c1-14-13-15(6-11-18(14)25)22(28)20-21(19-5-4-12-31-19)27(24(30)23(20)29)17-9-7-16(8-10-17)26(2)3/h4-13,21,28H,1-3H3/b22-20-. The van der Waals surface area contributed by atoms with E-state index in [1.54, 1.807) is 42.5 Å². The predicted molar refractivity (Wildman–Crippen MR) is 123 cm³/mol. The number of benzene rings is 2. The van der Waals surface area contributed by atoms with Crippen LogP contribution in [-0.2, 0) is 9.59 Å². The molecule has 1 unspecified atom stereocenters. The molecule has 6 nitrogen and oxygen atoms in total. The largest absolute Gasteiger partial charge is 0.507 e. The van der Waals surface area contributed by atoms with Crippen LogP contribution in [0.25, 0.3) is 5.76 Å². The lowest BCUT2D eigenvalue weighted by atomic mass is 9.98. The van der Waals surface area contributed by atoms with Crippen molar-refractivity contribution >= 4 is 44.8 Å². The summed E-state index contributed by atoms with van der Waals surface area (Å²) in [5.41, 5.74) is 2.85. The number of amides is 1. The van der Waals surface area contributed by atoms with E-state index in [9.17, 15) is 14.7 Å².